The van der Waals surface area contributed by atoms with Gasteiger partial charge in [-0.25, -0.2) is 4.98 Å². The summed E-state index contributed by atoms with van der Waals surface area (Å²) in [4.78, 5) is 4.94. The standard InChI is InChI=1S/C27H18N2O/c1-2-9-21(10-3-1)30-22-16-14-19(15-17-22)26-18-20-8-4-5-11-23(20)27-28-24-12-6-7-13-25(24)29(26)27/h1-18H. The van der Waals surface area contributed by atoms with Crippen LogP contribution < -0.4 is 4.74 Å². The first kappa shape index (κ1) is 16.8. The molecule has 0 saturated heterocycles. The average Bonchev–Trinajstić information content (AvgIpc) is 3.20. The first-order valence-electron chi connectivity index (χ1n) is 9.99. The van der Waals surface area contributed by atoms with Crippen LogP contribution in [0.4, 0.5) is 0 Å². The largest absolute Gasteiger partial charge is 0.457 e. The summed E-state index contributed by atoms with van der Waals surface area (Å²) < 4.78 is 8.22. The molecule has 0 radical (unpaired) electrons. The predicted octanol–water partition coefficient (Wildman–Crippen LogP) is 7.10. The van der Waals surface area contributed by atoms with E-state index >= 15 is 0 Å². The first-order valence-corrected chi connectivity index (χ1v) is 9.99. The summed E-state index contributed by atoms with van der Waals surface area (Å²) in [5.41, 5.74) is 5.32. The molecule has 0 aliphatic carbocycles. The van der Waals surface area contributed by atoms with Gasteiger partial charge in [0.1, 0.15) is 17.1 Å². The minimum atomic E-state index is 0.817. The molecular formula is C27H18N2O. The summed E-state index contributed by atoms with van der Waals surface area (Å²) in [6.07, 6.45) is 0. The van der Waals surface area contributed by atoms with Crippen molar-refractivity contribution in [2.75, 3.05) is 0 Å². The Labute approximate surface area is 173 Å². The SMILES string of the molecule is c1ccc(Oc2ccc(-c3cc4ccccc4c4nc5ccccc5n34)cc2)cc1. The van der Waals surface area contributed by atoms with Crippen molar-refractivity contribution in [1.82, 2.24) is 9.38 Å². The second-order valence-electron chi connectivity index (χ2n) is 7.32. The zero-order chi connectivity index (χ0) is 19.9. The summed E-state index contributed by atoms with van der Waals surface area (Å²) in [6.45, 7) is 0. The molecule has 3 heteroatoms. The number of para-hydroxylation sites is 3. The molecular weight excluding hydrogens is 368 g/mol. The van der Waals surface area contributed by atoms with Crippen LogP contribution in [0.3, 0.4) is 0 Å². The Morgan fingerprint density at radius 2 is 1.33 bits per heavy atom. The predicted molar refractivity (Wildman–Crippen MR) is 122 cm³/mol. The topological polar surface area (TPSA) is 26.5 Å². The number of hydrogen-bond donors (Lipinski definition) is 0. The van der Waals surface area contributed by atoms with Crippen LogP contribution in [0.2, 0.25) is 0 Å². The van der Waals surface area contributed by atoms with Gasteiger partial charge in [0.2, 0.25) is 0 Å². The first-order chi connectivity index (χ1) is 14.9. The molecule has 142 valence electrons. The average molecular weight is 386 g/mol. The number of benzene rings is 4. The number of pyridine rings is 1. The Morgan fingerprint density at radius 1 is 0.633 bits per heavy atom. The maximum absolute atomic E-state index is 5.96. The van der Waals surface area contributed by atoms with Crippen molar-refractivity contribution >= 4 is 27.5 Å². The van der Waals surface area contributed by atoms with Crippen molar-refractivity contribution in [3.63, 3.8) is 0 Å². The van der Waals surface area contributed by atoms with Crippen molar-refractivity contribution in [2.45, 2.75) is 0 Å². The number of hydrogen-bond acceptors (Lipinski definition) is 2. The zero-order valence-electron chi connectivity index (χ0n) is 16.2. The van der Waals surface area contributed by atoms with Gasteiger partial charge in [0.05, 0.1) is 16.7 Å². The van der Waals surface area contributed by atoms with E-state index in [-0.39, 0.29) is 0 Å². The van der Waals surface area contributed by atoms with Crippen LogP contribution in [0.15, 0.2) is 109 Å². The van der Waals surface area contributed by atoms with Gasteiger partial charge < -0.3 is 4.74 Å². The van der Waals surface area contributed by atoms with E-state index in [4.69, 9.17) is 9.72 Å². The third kappa shape index (κ3) is 2.72. The molecule has 0 bridgehead atoms. The molecule has 2 aromatic heterocycles. The van der Waals surface area contributed by atoms with E-state index in [0.29, 0.717) is 0 Å². The maximum atomic E-state index is 5.96. The Morgan fingerprint density at radius 3 is 2.20 bits per heavy atom. The molecule has 0 spiro atoms. The smallest absolute Gasteiger partial charge is 0.146 e. The second-order valence-corrected chi connectivity index (χ2v) is 7.32. The van der Waals surface area contributed by atoms with Crippen molar-refractivity contribution in [2.24, 2.45) is 0 Å². The summed E-state index contributed by atoms with van der Waals surface area (Å²) in [6, 6.07) is 37.0. The van der Waals surface area contributed by atoms with Gasteiger partial charge in [-0.15, -0.1) is 0 Å². The summed E-state index contributed by atoms with van der Waals surface area (Å²) >= 11 is 0. The van der Waals surface area contributed by atoms with Crippen LogP contribution in [-0.2, 0) is 0 Å². The molecule has 0 aliphatic heterocycles. The van der Waals surface area contributed by atoms with Gasteiger partial charge in [0, 0.05) is 5.39 Å². The molecule has 0 fully saturated rings. The number of aromatic nitrogens is 2. The number of nitrogens with zero attached hydrogens (tertiary/aromatic N) is 2. The van der Waals surface area contributed by atoms with Crippen LogP contribution in [-0.4, -0.2) is 9.38 Å². The fourth-order valence-electron chi connectivity index (χ4n) is 4.02. The highest BCUT2D eigenvalue weighted by atomic mass is 16.5. The van der Waals surface area contributed by atoms with Gasteiger partial charge in [-0.05, 0) is 65.5 Å². The molecule has 0 saturated carbocycles. The van der Waals surface area contributed by atoms with E-state index in [9.17, 15) is 0 Å². The summed E-state index contributed by atoms with van der Waals surface area (Å²) in [5.74, 6) is 1.65. The van der Waals surface area contributed by atoms with Crippen LogP contribution in [0.5, 0.6) is 11.5 Å². The fourth-order valence-corrected chi connectivity index (χ4v) is 4.02. The molecule has 0 N–H and O–H groups in total. The molecule has 6 aromatic rings. The molecule has 30 heavy (non-hydrogen) atoms. The number of ether oxygens (including phenoxy) is 1. The monoisotopic (exact) mass is 386 g/mol. The van der Waals surface area contributed by atoms with Crippen LogP contribution in [0.1, 0.15) is 0 Å². The molecule has 0 aliphatic rings. The van der Waals surface area contributed by atoms with Crippen molar-refractivity contribution < 1.29 is 4.74 Å². The molecule has 4 aromatic carbocycles. The van der Waals surface area contributed by atoms with Crippen LogP contribution in [0.25, 0.3) is 38.7 Å². The number of imidazole rings is 1. The lowest BCUT2D eigenvalue weighted by Gasteiger charge is -2.11. The molecule has 3 nitrogen and oxygen atoms in total. The third-order valence-corrected chi connectivity index (χ3v) is 5.42. The lowest BCUT2D eigenvalue weighted by molar-refractivity contribution is 0.483. The molecule has 2 heterocycles. The van der Waals surface area contributed by atoms with E-state index < -0.39 is 0 Å². The quantitative estimate of drug-likeness (QED) is 0.324. The highest BCUT2D eigenvalue weighted by Crippen LogP contribution is 2.33. The second kappa shape index (κ2) is 6.75. The maximum Gasteiger partial charge on any atom is 0.146 e. The van der Waals surface area contributed by atoms with Gasteiger partial charge in [-0.2, -0.15) is 0 Å². The van der Waals surface area contributed by atoms with E-state index in [1.807, 2.05) is 48.5 Å². The molecule has 0 amide bonds. The number of rotatable bonds is 3. The van der Waals surface area contributed by atoms with E-state index in [2.05, 4.69) is 65.1 Å². The van der Waals surface area contributed by atoms with Crippen molar-refractivity contribution in [3.8, 4) is 22.8 Å². The molecule has 0 atom stereocenters. The van der Waals surface area contributed by atoms with Crippen molar-refractivity contribution in [1.29, 1.82) is 0 Å². The highest BCUT2D eigenvalue weighted by Gasteiger charge is 2.13. The van der Waals surface area contributed by atoms with Crippen molar-refractivity contribution in [3.05, 3.63) is 109 Å². The van der Waals surface area contributed by atoms with Crippen LogP contribution >= 0.6 is 0 Å². The Balaban J connectivity index is 1.54. The lowest BCUT2D eigenvalue weighted by atomic mass is 10.1. The minimum absolute atomic E-state index is 0.817. The molecule has 0 unspecified atom stereocenters. The Kier molecular flexibility index (Phi) is 3.78. The third-order valence-electron chi connectivity index (χ3n) is 5.42. The van der Waals surface area contributed by atoms with Crippen LogP contribution in [0, 0.1) is 0 Å². The van der Waals surface area contributed by atoms with E-state index in [0.717, 1.165) is 44.8 Å². The van der Waals surface area contributed by atoms with Gasteiger partial charge in [-0.1, -0.05) is 54.6 Å². The molecule has 6 rings (SSSR count). The number of fused-ring (bicyclic) bond motifs is 5. The lowest BCUT2D eigenvalue weighted by Crippen LogP contribution is -1.94. The van der Waals surface area contributed by atoms with Gasteiger partial charge >= 0.3 is 0 Å². The summed E-state index contributed by atoms with van der Waals surface area (Å²) in [7, 11) is 0. The summed E-state index contributed by atoms with van der Waals surface area (Å²) in [5, 5.41) is 2.33. The minimum Gasteiger partial charge on any atom is -0.457 e. The van der Waals surface area contributed by atoms with E-state index in [1.54, 1.807) is 0 Å². The fraction of sp³-hybridized carbons (Fsp3) is 0. The Hall–Kier alpha value is -4.11. The Bertz CT molecular complexity index is 1500. The van der Waals surface area contributed by atoms with Gasteiger partial charge in [-0.3, -0.25) is 4.40 Å². The van der Waals surface area contributed by atoms with E-state index in [1.165, 1.54) is 5.39 Å². The highest BCUT2D eigenvalue weighted by molar-refractivity contribution is 6.01. The zero-order valence-corrected chi connectivity index (χ0v) is 16.2. The normalized spacial score (nSPS) is 11.3. The van der Waals surface area contributed by atoms with Gasteiger partial charge in [0.15, 0.2) is 0 Å². The van der Waals surface area contributed by atoms with Gasteiger partial charge in [0.25, 0.3) is 0 Å².